The van der Waals surface area contributed by atoms with E-state index in [9.17, 15) is 4.79 Å². The van der Waals surface area contributed by atoms with Crippen LogP contribution in [0.15, 0.2) is 47.8 Å². The number of amides is 1. The first kappa shape index (κ1) is 17.2. The molecule has 24 heavy (non-hydrogen) atoms. The molecule has 0 aliphatic carbocycles. The Morgan fingerprint density at radius 1 is 1.25 bits per heavy atom. The largest absolute Gasteiger partial charge is 0.334 e. The smallest absolute Gasteiger partial charge is 0.237 e. The molecule has 3 nitrogen and oxygen atoms in total. The van der Waals surface area contributed by atoms with Gasteiger partial charge in [-0.05, 0) is 43.7 Å². The maximum Gasteiger partial charge on any atom is 0.237 e. The molecule has 2 heterocycles. The third-order valence-corrected chi connectivity index (χ3v) is 5.72. The van der Waals surface area contributed by atoms with Gasteiger partial charge in [0.15, 0.2) is 0 Å². The number of carbonyl (C=O) groups is 1. The maximum atomic E-state index is 12.9. The molecule has 1 amide bonds. The summed E-state index contributed by atoms with van der Waals surface area (Å²) in [7, 11) is 0. The Hall–Kier alpha value is -1.65. The average Bonchev–Trinajstić information content (AvgIpc) is 3.26. The quantitative estimate of drug-likeness (QED) is 0.780. The van der Waals surface area contributed by atoms with E-state index in [1.807, 2.05) is 6.07 Å². The summed E-state index contributed by atoms with van der Waals surface area (Å²) in [5, 5.41) is 2.10. The van der Waals surface area contributed by atoms with Gasteiger partial charge in [-0.3, -0.25) is 9.69 Å². The molecule has 2 aromatic rings. The Morgan fingerprint density at radius 3 is 2.71 bits per heavy atom. The summed E-state index contributed by atoms with van der Waals surface area (Å²) in [4.78, 5) is 18.6. The summed E-state index contributed by atoms with van der Waals surface area (Å²) in [6, 6.07) is 15.3. The average molecular weight is 343 g/mol. The molecule has 1 aromatic heterocycles. The van der Waals surface area contributed by atoms with Crippen LogP contribution in [0.5, 0.6) is 0 Å². The SMILES string of the molecule is CC(C)N(CC(=O)N1CCCC1c1cccs1)Cc1ccccc1. The van der Waals surface area contributed by atoms with E-state index >= 15 is 0 Å². The van der Waals surface area contributed by atoms with E-state index in [4.69, 9.17) is 0 Å². The molecule has 0 radical (unpaired) electrons. The fourth-order valence-electron chi connectivity index (χ4n) is 3.35. The zero-order valence-corrected chi connectivity index (χ0v) is 15.3. The van der Waals surface area contributed by atoms with Crippen LogP contribution in [-0.2, 0) is 11.3 Å². The van der Waals surface area contributed by atoms with E-state index in [0.29, 0.717) is 12.6 Å². The van der Waals surface area contributed by atoms with Gasteiger partial charge in [0.1, 0.15) is 0 Å². The highest BCUT2D eigenvalue weighted by atomic mass is 32.1. The molecule has 0 saturated carbocycles. The van der Waals surface area contributed by atoms with Crippen LogP contribution < -0.4 is 0 Å². The van der Waals surface area contributed by atoms with Crippen LogP contribution in [-0.4, -0.2) is 34.8 Å². The van der Waals surface area contributed by atoms with Gasteiger partial charge >= 0.3 is 0 Å². The lowest BCUT2D eigenvalue weighted by Crippen LogP contribution is -2.42. The topological polar surface area (TPSA) is 23.6 Å². The third kappa shape index (κ3) is 4.05. The number of likely N-dealkylation sites (tertiary alicyclic amines) is 1. The molecule has 1 aromatic carbocycles. The second-order valence-corrected chi connectivity index (χ2v) is 7.72. The summed E-state index contributed by atoms with van der Waals surface area (Å²) < 4.78 is 0. The molecule has 1 atom stereocenters. The Morgan fingerprint density at radius 2 is 2.04 bits per heavy atom. The molecule has 0 bridgehead atoms. The van der Waals surface area contributed by atoms with Crippen molar-refractivity contribution in [2.45, 2.75) is 45.3 Å². The summed E-state index contributed by atoms with van der Waals surface area (Å²) >= 11 is 1.76. The fourth-order valence-corrected chi connectivity index (χ4v) is 4.22. The van der Waals surface area contributed by atoms with Gasteiger partial charge in [-0.2, -0.15) is 0 Å². The van der Waals surface area contributed by atoms with Crippen molar-refractivity contribution < 1.29 is 4.79 Å². The van der Waals surface area contributed by atoms with E-state index < -0.39 is 0 Å². The van der Waals surface area contributed by atoms with E-state index in [1.165, 1.54) is 10.4 Å². The minimum absolute atomic E-state index is 0.260. The van der Waals surface area contributed by atoms with Crippen molar-refractivity contribution in [3.63, 3.8) is 0 Å². The first-order valence-corrected chi connectivity index (χ1v) is 9.64. The number of thiophene rings is 1. The minimum Gasteiger partial charge on any atom is -0.334 e. The molecule has 1 saturated heterocycles. The molecule has 1 unspecified atom stereocenters. The lowest BCUT2D eigenvalue weighted by atomic mass is 10.1. The number of hydrogen-bond donors (Lipinski definition) is 0. The molecule has 1 aliphatic heterocycles. The zero-order chi connectivity index (χ0) is 16.9. The van der Waals surface area contributed by atoms with Gasteiger partial charge < -0.3 is 4.90 Å². The zero-order valence-electron chi connectivity index (χ0n) is 14.5. The molecule has 4 heteroatoms. The minimum atomic E-state index is 0.260. The molecule has 128 valence electrons. The van der Waals surface area contributed by atoms with Crippen LogP contribution in [0.25, 0.3) is 0 Å². The monoisotopic (exact) mass is 342 g/mol. The van der Waals surface area contributed by atoms with Gasteiger partial charge in [0, 0.05) is 24.0 Å². The molecule has 1 fully saturated rings. The van der Waals surface area contributed by atoms with Gasteiger partial charge in [-0.25, -0.2) is 0 Å². The Kier molecular flexibility index (Phi) is 5.69. The summed E-state index contributed by atoms with van der Waals surface area (Å²) in [6.07, 6.45) is 2.20. The van der Waals surface area contributed by atoms with Gasteiger partial charge in [-0.15, -0.1) is 11.3 Å². The van der Waals surface area contributed by atoms with Crippen LogP contribution in [0.2, 0.25) is 0 Å². The van der Waals surface area contributed by atoms with Crippen LogP contribution in [0, 0.1) is 0 Å². The van der Waals surface area contributed by atoms with E-state index in [1.54, 1.807) is 11.3 Å². The van der Waals surface area contributed by atoms with Crippen LogP contribution >= 0.6 is 11.3 Å². The summed E-state index contributed by atoms with van der Waals surface area (Å²) in [6.45, 7) is 6.53. The Labute approximate surface area is 148 Å². The molecule has 0 spiro atoms. The van der Waals surface area contributed by atoms with Crippen molar-refractivity contribution >= 4 is 17.2 Å². The van der Waals surface area contributed by atoms with Crippen molar-refractivity contribution in [3.8, 4) is 0 Å². The van der Waals surface area contributed by atoms with Crippen molar-refractivity contribution in [1.29, 1.82) is 0 Å². The van der Waals surface area contributed by atoms with Crippen molar-refractivity contribution in [2.75, 3.05) is 13.1 Å². The number of carbonyl (C=O) groups excluding carboxylic acids is 1. The fraction of sp³-hybridized carbons (Fsp3) is 0.450. The van der Waals surface area contributed by atoms with Gasteiger partial charge in [0.2, 0.25) is 5.91 Å². The number of hydrogen-bond acceptors (Lipinski definition) is 3. The van der Waals surface area contributed by atoms with E-state index in [-0.39, 0.29) is 11.9 Å². The highest BCUT2D eigenvalue weighted by molar-refractivity contribution is 7.10. The highest BCUT2D eigenvalue weighted by Crippen LogP contribution is 2.34. The van der Waals surface area contributed by atoms with E-state index in [0.717, 1.165) is 25.9 Å². The highest BCUT2D eigenvalue weighted by Gasteiger charge is 2.31. The standard InChI is InChI=1S/C20H26N2OS/c1-16(2)21(14-17-8-4-3-5-9-17)15-20(23)22-12-6-10-18(22)19-11-7-13-24-19/h3-5,7-9,11,13,16,18H,6,10,12,14-15H2,1-2H3. The van der Waals surface area contributed by atoms with Crippen LogP contribution in [0.3, 0.4) is 0 Å². The third-order valence-electron chi connectivity index (χ3n) is 4.74. The van der Waals surface area contributed by atoms with Crippen LogP contribution in [0.4, 0.5) is 0 Å². The molecule has 1 aliphatic rings. The Balaban J connectivity index is 1.67. The van der Waals surface area contributed by atoms with Crippen molar-refractivity contribution in [1.82, 2.24) is 9.80 Å². The van der Waals surface area contributed by atoms with Gasteiger partial charge in [0.05, 0.1) is 12.6 Å². The predicted molar refractivity (Wildman–Crippen MR) is 100.0 cm³/mol. The molecular weight excluding hydrogens is 316 g/mol. The predicted octanol–water partition coefficient (Wildman–Crippen LogP) is 4.32. The van der Waals surface area contributed by atoms with Crippen molar-refractivity contribution in [2.24, 2.45) is 0 Å². The summed E-state index contributed by atoms with van der Waals surface area (Å²) in [5.41, 5.74) is 1.26. The number of benzene rings is 1. The first-order valence-electron chi connectivity index (χ1n) is 8.76. The molecular formula is C20H26N2OS. The lowest BCUT2D eigenvalue weighted by molar-refractivity contribution is -0.134. The van der Waals surface area contributed by atoms with Crippen molar-refractivity contribution in [3.05, 3.63) is 58.3 Å². The Bertz CT molecular complexity index is 639. The van der Waals surface area contributed by atoms with Crippen LogP contribution in [0.1, 0.15) is 43.2 Å². The lowest BCUT2D eigenvalue weighted by Gasteiger charge is -2.30. The van der Waals surface area contributed by atoms with Gasteiger partial charge in [0.25, 0.3) is 0 Å². The molecule has 3 rings (SSSR count). The maximum absolute atomic E-state index is 12.9. The normalized spacial score (nSPS) is 17.8. The molecule has 0 N–H and O–H groups in total. The second-order valence-electron chi connectivity index (χ2n) is 6.74. The van der Waals surface area contributed by atoms with E-state index in [2.05, 4.69) is 65.4 Å². The van der Waals surface area contributed by atoms with Gasteiger partial charge in [-0.1, -0.05) is 36.4 Å². The number of rotatable bonds is 6. The summed E-state index contributed by atoms with van der Waals surface area (Å²) in [5.74, 6) is 0.260. The second kappa shape index (κ2) is 7.95. The first-order chi connectivity index (χ1) is 11.6. The number of nitrogens with zero attached hydrogens (tertiary/aromatic N) is 2.